The van der Waals surface area contributed by atoms with Crippen LogP contribution in [0.3, 0.4) is 0 Å². The maximum Gasteiger partial charge on any atom is 0.313 e. The molecule has 1 aliphatic rings. The Labute approximate surface area is 167 Å². The fraction of sp³-hybridized carbons (Fsp3) is 0.545. The number of piperidine rings is 1. The summed E-state index contributed by atoms with van der Waals surface area (Å²) in [5.74, 6) is 0.761. The van der Waals surface area contributed by atoms with E-state index in [1.807, 2.05) is 54.2 Å². The van der Waals surface area contributed by atoms with Crippen LogP contribution in [0.2, 0.25) is 0 Å². The number of ether oxygens (including phenoxy) is 2. The normalized spacial score (nSPS) is 20.0. The maximum atomic E-state index is 12.8. The van der Waals surface area contributed by atoms with Gasteiger partial charge in [0.15, 0.2) is 0 Å². The van der Waals surface area contributed by atoms with Gasteiger partial charge in [0, 0.05) is 25.5 Å². The van der Waals surface area contributed by atoms with Crippen LogP contribution >= 0.6 is 0 Å². The molecular weight excluding hydrogens is 354 g/mol. The second kappa shape index (κ2) is 10.3. The molecule has 0 aliphatic carbocycles. The van der Waals surface area contributed by atoms with Gasteiger partial charge in [-0.25, -0.2) is 0 Å². The SMILES string of the molecule is CCOC(=O)[C@@]1(CCOc2ccccc2)CCCN(CCCn2cccn2)C1. The summed E-state index contributed by atoms with van der Waals surface area (Å²) < 4.78 is 13.3. The van der Waals surface area contributed by atoms with Gasteiger partial charge in [-0.15, -0.1) is 0 Å². The van der Waals surface area contributed by atoms with Crippen molar-refractivity contribution < 1.29 is 14.3 Å². The fourth-order valence-corrected chi connectivity index (χ4v) is 3.94. The van der Waals surface area contributed by atoms with Gasteiger partial charge in [0.05, 0.1) is 18.6 Å². The molecule has 28 heavy (non-hydrogen) atoms. The first-order valence-electron chi connectivity index (χ1n) is 10.3. The molecule has 1 aromatic heterocycles. The van der Waals surface area contributed by atoms with Crippen LogP contribution in [0.25, 0.3) is 0 Å². The molecule has 1 saturated heterocycles. The van der Waals surface area contributed by atoms with Crippen LogP contribution in [0.5, 0.6) is 5.75 Å². The van der Waals surface area contributed by atoms with Crippen molar-refractivity contribution in [1.29, 1.82) is 0 Å². The molecule has 0 unspecified atom stereocenters. The Hall–Kier alpha value is -2.34. The third-order valence-corrected chi connectivity index (χ3v) is 5.38. The third kappa shape index (κ3) is 5.58. The lowest BCUT2D eigenvalue weighted by Crippen LogP contribution is -2.49. The highest BCUT2D eigenvalue weighted by Gasteiger charge is 2.43. The third-order valence-electron chi connectivity index (χ3n) is 5.38. The molecule has 0 radical (unpaired) electrons. The molecule has 6 heteroatoms. The molecule has 6 nitrogen and oxygen atoms in total. The van der Waals surface area contributed by atoms with Crippen molar-refractivity contribution in [2.24, 2.45) is 5.41 Å². The Bertz CT molecular complexity index is 705. The Kier molecular flexibility index (Phi) is 7.48. The minimum atomic E-state index is -0.477. The second-order valence-electron chi connectivity index (χ2n) is 7.41. The van der Waals surface area contributed by atoms with Crippen LogP contribution in [0.4, 0.5) is 0 Å². The Morgan fingerprint density at radius 1 is 1.21 bits per heavy atom. The van der Waals surface area contributed by atoms with Crippen molar-refractivity contribution in [3.8, 4) is 5.75 Å². The Balaban J connectivity index is 1.56. The topological polar surface area (TPSA) is 56.6 Å². The number of carbonyl (C=O) groups is 1. The first kappa shape index (κ1) is 20.4. The number of para-hydroxylation sites is 1. The number of nitrogens with zero attached hydrogens (tertiary/aromatic N) is 3. The van der Waals surface area contributed by atoms with E-state index in [0.717, 1.165) is 51.2 Å². The summed E-state index contributed by atoms with van der Waals surface area (Å²) in [4.78, 5) is 15.2. The standard InChI is InChI=1S/C22H31N3O3/c1-2-27-21(26)22(12-18-28-20-9-4-3-5-10-20)11-6-14-24(19-22)15-8-17-25-16-7-13-23-25/h3-5,7,9-10,13,16H,2,6,8,11-12,14-15,17-19H2,1H3/t22-/m1/s1. The monoisotopic (exact) mass is 385 g/mol. The number of hydrogen-bond acceptors (Lipinski definition) is 5. The zero-order valence-electron chi connectivity index (χ0n) is 16.8. The molecule has 3 rings (SSSR count). The molecule has 0 bridgehead atoms. The van der Waals surface area contributed by atoms with Crippen molar-refractivity contribution in [2.45, 2.75) is 39.2 Å². The molecule has 0 spiro atoms. The second-order valence-corrected chi connectivity index (χ2v) is 7.41. The van der Waals surface area contributed by atoms with Crippen LogP contribution in [0, 0.1) is 5.41 Å². The smallest absolute Gasteiger partial charge is 0.313 e. The molecule has 152 valence electrons. The highest BCUT2D eigenvalue weighted by molar-refractivity contribution is 5.77. The summed E-state index contributed by atoms with van der Waals surface area (Å²) in [6, 6.07) is 11.7. The van der Waals surface area contributed by atoms with Crippen molar-refractivity contribution in [1.82, 2.24) is 14.7 Å². The lowest BCUT2D eigenvalue weighted by Gasteiger charge is -2.41. The highest BCUT2D eigenvalue weighted by Crippen LogP contribution is 2.35. The lowest BCUT2D eigenvalue weighted by atomic mass is 9.77. The van der Waals surface area contributed by atoms with Gasteiger partial charge >= 0.3 is 5.97 Å². The van der Waals surface area contributed by atoms with E-state index in [-0.39, 0.29) is 5.97 Å². The molecule has 0 N–H and O–H groups in total. The van der Waals surface area contributed by atoms with Crippen molar-refractivity contribution >= 4 is 5.97 Å². The van der Waals surface area contributed by atoms with Crippen molar-refractivity contribution in [3.63, 3.8) is 0 Å². The Morgan fingerprint density at radius 2 is 2.07 bits per heavy atom. The zero-order valence-corrected chi connectivity index (χ0v) is 16.8. The molecular formula is C22H31N3O3. The van der Waals surface area contributed by atoms with Gasteiger partial charge < -0.3 is 14.4 Å². The van der Waals surface area contributed by atoms with E-state index in [9.17, 15) is 4.79 Å². The molecule has 2 heterocycles. The van der Waals surface area contributed by atoms with E-state index in [4.69, 9.17) is 9.47 Å². The van der Waals surface area contributed by atoms with Gasteiger partial charge in [-0.2, -0.15) is 5.10 Å². The van der Waals surface area contributed by atoms with Crippen molar-refractivity contribution in [3.05, 3.63) is 48.8 Å². The molecule has 1 aromatic carbocycles. The largest absolute Gasteiger partial charge is 0.494 e. The first-order chi connectivity index (χ1) is 13.7. The van der Waals surface area contributed by atoms with Crippen LogP contribution in [0.1, 0.15) is 32.6 Å². The summed E-state index contributed by atoms with van der Waals surface area (Å²) >= 11 is 0. The summed E-state index contributed by atoms with van der Waals surface area (Å²) in [6.07, 6.45) is 7.35. The number of carbonyl (C=O) groups excluding carboxylic acids is 1. The fourth-order valence-electron chi connectivity index (χ4n) is 3.94. The van der Waals surface area contributed by atoms with Crippen LogP contribution in [-0.4, -0.2) is 53.5 Å². The molecule has 0 saturated carbocycles. The number of likely N-dealkylation sites (tertiary alicyclic amines) is 1. The van der Waals surface area contributed by atoms with Gasteiger partial charge in [-0.3, -0.25) is 9.48 Å². The van der Waals surface area contributed by atoms with E-state index >= 15 is 0 Å². The number of benzene rings is 1. The van der Waals surface area contributed by atoms with E-state index in [1.54, 1.807) is 6.20 Å². The van der Waals surface area contributed by atoms with Crippen LogP contribution in [0.15, 0.2) is 48.8 Å². The maximum absolute atomic E-state index is 12.8. The average molecular weight is 386 g/mol. The predicted octanol–water partition coefficient (Wildman–Crippen LogP) is 3.39. The minimum Gasteiger partial charge on any atom is -0.494 e. The summed E-state index contributed by atoms with van der Waals surface area (Å²) in [5, 5.41) is 4.26. The van der Waals surface area contributed by atoms with Gasteiger partial charge in [0.2, 0.25) is 0 Å². The number of esters is 1. The summed E-state index contributed by atoms with van der Waals surface area (Å²) in [7, 11) is 0. The number of hydrogen-bond donors (Lipinski definition) is 0. The molecule has 1 fully saturated rings. The Morgan fingerprint density at radius 3 is 2.82 bits per heavy atom. The average Bonchev–Trinajstić information content (AvgIpc) is 3.23. The minimum absolute atomic E-state index is 0.0802. The van der Waals surface area contributed by atoms with Gasteiger partial charge in [-0.05, 0) is 63.9 Å². The number of aryl methyl sites for hydroxylation is 1. The molecule has 2 aromatic rings. The lowest BCUT2D eigenvalue weighted by molar-refractivity contribution is -0.160. The van der Waals surface area contributed by atoms with Gasteiger partial charge in [0.1, 0.15) is 5.75 Å². The van der Waals surface area contributed by atoms with Gasteiger partial charge in [-0.1, -0.05) is 18.2 Å². The predicted molar refractivity (Wildman–Crippen MR) is 108 cm³/mol. The molecule has 1 aliphatic heterocycles. The highest BCUT2D eigenvalue weighted by atomic mass is 16.5. The van der Waals surface area contributed by atoms with E-state index in [0.29, 0.717) is 19.6 Å². The molecule has 0 amide bonds. The quantitative estimate of drug-likeness (QED) is 0.587. The van der Waals surface area contributed by atoms with E-state index < -0.39 is 5.41 Å². The van der Waals surface area contributed by atoms with Gasteiger partial charge in [0.25, 0.3) is 0 Å². The number of rotatable bonds is 10. The molecule has 1 atom stereocenters. The first-order valence-corrected chi connectivity index (χ1v) is 10.3. The van der Waals surface area contributed by atoms with Crippen LogP contribution < -0.4 is 4.74 Å². The summed E-state index contributed by atoms with van der Waals surface area (Å²) in [6.45, 7) is 6.43. The van der Waals surface area contributed by atoms with Crippen molar-refractivity contribution in [2.75, 3.05) is 32.8 Å². The van der Waals surface area contributed by atoms with Crippen LogP contribution in [-0.2, 0) is 16.1 Å². The number of aromatic nitrogens is 2. The van der Waals surface area contributed by atoms with E-state index in [1.165, 1.54) is 0 Å². The van der Waals surface area contributed by atoms with E-state index in [2.05, 4.69) is 10.00 Å². The summed E-state index contributed by atoms with van der Waals surface area (Å²) in [5.41, 5.74) is -0.477. The zero-order chi connectivity index (χ0) is 19.7.